The van der Waals surface area contributed by atoms with Crippen molar-refractivity contribution in [3.05, 3.63) is 53.1 Å². The zero-order chi connectivity index (χ0) is 16.8. The Morgan fingerprint density at radius 2 is 2.08 bits per heavy atom. The maximum absolute atomic E-state index is 12.7. The zero-order valence-electron chi connectivity index (χ0n) is 14.3. The van der Waals surface area contributed by atoms with Crippen LogP contribution in [0.1, 0.15) is 35.2 Å². The molecule has 1 aliphatic carbocycles. The summed E-state index contributed by atoms with van der Waals surface area (Å²) < 4.78 is 0. The van der Waals surface area contributed by atoms with E-state index < -0.39 is 0 Å². The van der Waals surface area contributed by atoms with Crippen LogP contribution in [0.3, 0.4) is 0 Å². The van der Waals surface area contributed by atoms with Gasteiger partial charge in [-0.25, -0.2) is 0 Å². The van der Waals surface area contributed by atoms with Gasteiger partial charge >= 0.3 is 0 Å². The lowest BCUT2D eigenvalue weighted by molar-refractivity contribution is -0.133. The van der Waals surface area contributed by atoms with Gasteiger partial charge in [-0.15, -0.1) is 0 Å². The summed E-state index contributed by atoms with van der Waals surface area (Å²) in [6, 6.07) is 4.04. The monoisotopic (exact) mass is 334 g/mol. The van der Waals surface area contributed by atoms with Gasteiger partial charge in [0.1, 0.15) is 0 Å². The van der Waals surface area contributed by atoms with E-state index in [1.54, 1.807) is 6.20 Å². The van der Waals surface area contributed by atoms with Gasteiger partial charge < -0.3 is 9.80 Å². The molecule has 0 aromatic carbocycles. The first-order valence-electron chi connectivity index (χ1n) is 9.19. The van der Waals surface area contributed by atoms with Crippen molar-refractivity contribution in [2.24, 2.45) is 5.92 Å². The van der Waals surface area contributed by atoms with Crippen molar-refractivity contribution in [1.29, 1.82) is 0 Å². The molecular formula is C20H22N4O. The second-order valence-corrected chi connectivity index (χ2v) is 7.48. The highest BCUT2D eigenvalue weighted by Gasteiger charge is 2.33. The molecule has 5 heteroatoms. The van der Waals surface area contributed by atoms with Gasteiger partial charge in [-0.2, -0.15) is 0 Å². The number of aromatic nitrogens is 2. The normalized spacial score (nSPS) is 18.9. The fourth-order valence-corrected chi connectivity index (χ4v) is 4.41. The van der Waals surface area contributed by atoms with E-state index in [1.165, 1.54) is 28.8 Å². The Morgan fingerprint density at radius 3 is 2.92 bits per heavy atom. The van der Waals surface area contributed by atoms with Crippen LogP contribution >= 0.6 is 0 Å². The number of pyridine rings is 2. The number of carbonyl (C=O) groups is 1. The highest BCUT2D eigenvalue weighted by atomic mass is 16.2. The summed E-state index contributed by atoms with van der Waals surface area (Å²) in [5.41, 5.74) is 6.50. The van der Waals surface area contributed by atoms with E-state index >= 15 is 0 Å². The van der Waals surface area contributed by atoms with Gasteiger partial charge in [0.15, 0.2) is 0 Å². The first-order chi connectivity index (χ1) is 12.3. The Kier molecular flexibility index (Phi) is 3.47. The van der Waals surface area contributed by atoms with Crippen LogP contribution in [0, 0.1) is 5.92 Å². The van der Waals surface area contributed by atoms with Crippen LogP contribution < -0.4 is 4.90 Å². The van der Waals surface area contributed by atoms with Gasteiger partial charge in [0.25, 0.3) is 0 Å². The van der Waals surface area contributed by atoms with Crippen LogP contribution in [0.4, 0.5) is 5.69 Å². The Labute approximate surface area is 147 Å². The predicted octanol–water partition coefficient (Wildman–Crippen LogP) is 2.33. The molecule has 1 amide bonds. The molecule has 0 unspecified atom stereocenters. The molecule has 5 rings (SSSR count). The fraction of sp³-hybridized carbons (Fsp3) is 0.450. The van der Waals surface area contributed by atoms with Crippen LogP contribution in [0.15, 0.2) is 30.7 Å². The van der Waals surface area contributed by atoms with Crippen molar-refractivity contribution in [1.82, 2.24) is 14.9 Å². The highest BCUT2D eigenvalue weighted by molar-refractivity contribution is 5.78. The molecule has 2 aliphatic heterocycles. The summed E-state index contributed by atoms with van der Waals surface area (Å²) in [4.78, 5) is 25.8. The van der Waals surface area contributed by atoms with E-state index in [1.807, 2.05) is 23.4 Å². The zero-order valence-corrected chi connectivity index (χ0v) is 14.3. The van der Waals surface area contributed by atoms with Crippen LogP contribution in [0.25, 0.3) is 0 Å². The molecule has 4 heterocycles. The molecule has 0 N–H and O–H groups in total. The van der Waals surface area contributed by atoms with Crippen molar-refractivity contribution >= 4 is 11.6 Å². The van der Waals surface area contributed by atoms with Crippen LogP contribution in [-0.4, -0.2) is 33.9 Å². The van der Waals surface area contributed by atoms with Crippen molar-refractivity contribution in [3.8, 4) is 0 Å². The number of aryl methyl sites for hydroxylation is 1. The third-order valence-electron chi connectivity index (χ3n) is 5.81. The lowest BCUT2D eigenvalue weighted by atomic mass is 9.95. The molecule has 0 radical (unpaired) electrons. The summed E-state index contributed by atoms with van der Waals surface area (Å²) >= 11 is 0. The number of nitrogens with zero attached hydrogens (tertiary/aromatic N) is 4. The second kappa shape index (κ2) is 5.83. The summed E-state index contributed by atoms with van der Waals surface area (Å²) in [5, 5.41) is 0. The largest absolute Gasteiger partial charge is 0.370 e. The minimum Gasteiger partial charge on any atom is -0.370 e. The van der Waals surface area contributed by atoms with Crippen molar-refractivity contribution in [2.75, 3.05) is 18.0 Å². The lowest BCUT2D eigenvalue weighted by Gasteiger charge is -2.41. The van der Waals surface area contributed by atoms with Crippen molar-refractivity contribution < 1.29 is 4.79 Å². The maximum atomic E-state index is 12.7. The van der Waals surface area contributed by atoms with E-state index in [2.05, 4.69) is 20.9 Å². The molecule has 0 spiro atoms. The Balaban J connectivity index is 1.20. The van der Waals surface area contributed by atoms with Gasteiger partial charge in [0.2, 0.25) is 5.91 Å². The molecule has 128 valence electrons. The molecule has 2 aromatic rings. The Hall–Kier alpha value is -2.43. The minimum atomic E-state index is 0.291. The smallest absolute Gasteiger partial charge is 0.223 e. The Morgan fingerprint density at radius 1 is 1.16 bits per heavy atom. The first-order valence-corrected chi connectivity index (χ1v) is 9.19. The molecule has 2 aromatic heterocycles. The molecule has 1 saturated heterocycles. The number of carbonyl (C=O) groups excluding carboxylic acids is 1. The van der Waals surface area contributed by atoms with Crippen molar-refractivity contribution in [3.63, 3.8) is 0 Å². The first kappa shape index (κ1) is 14.9. The summed E-state index contributed by atoms with van der Waals surface area (Å²) in [7, 11) is 0. The van der Waals surface area contributed by atoms with E-state index in [-0.39, 0.29) is 0 Å². The SMILES string of the molecule is O=C(CC1CN(c2cccnc2)C1)N1Cc2cnc3c(c2C1)CCC3. The number of hydrogen-bond donors (Lipinski definition) is 0. The second-order valence-electron chi connectivity index (χ2n) is 7.48. The van der Waals surface area contributed by atoms with E-state index in [4.69, 9.17) is 0 Å². The molecule has 3 aliphatic rings. The number of rotatable bonds is 3. The number of hydrogen-bond acceptors (Lipinski definition) is 4. The fourth-order valence-electron chi connectivity index (χ4n) is 4.41. The molecule has 5 nitrogen and oxygen atoms in total. The minimum absolute atomic E-state index is 0.291. The molecule has 1 fully saturated rings. The van der Waals surface area contributed by atoms with E-state index in [9.17, 15) is 4.79 Å². The van der Waals surface area contributed by atoms with Crippen LogP contribution in [-0.2, 0) is 30.7 Å². The summed E-state index contributed by atoms with van der Waals surface area (Å²) in [5.74, 6) is 0.749. The molecule has 0 bridgehead atoms. The molecule has 0 atom stereocenters. The average Bonchev–Trinajstić information content (AvgIpc) is 3.23. The molecule has 0 saturated carbocycles. The quantitative estimate of drug-likeness (QED) is 0.864. The third-order valence-corrected chi connectivity index (χ3v) is 5.81. The molecule has 25 heavy (non-hydrogen) atoms. The van der Waals surface area contributed by atoms with Crippen LogP contribution in [0.5, 0.6) is 0 Å². The number of amides is 1. The molecular weight excluding hydrogens is 312 g/mol. The van der Waals surface area contributed by atoms with Gasteiger partial charge in [-0.3, -0.25) is 14.8 Å². The number of anilines is 1. The standard InChI is InChI=1S/C20H22N4O/c25-20(7-14-10-23(11-14)16-3-2-6-21-9-16)24-12-15-8-22-19-5-1-4-17(19)18(15)13-24/h2-3,6,8-9,14H,1,4-5,7,10-13H2. The Bertz CT molecular complexity index is 814. The van der Waals surface area contributed by atoms with Crippen molar-refractivity contribution in [2.45, 2.75) is 38.8 Å². The van der Waals surface area contributed by atoms with E-state index in [0.717, 1.165) is 44.7 Å². The number of fused-ring (bicyclic) bond motifs is 3. The summed E-state index contributed by atoms with van der Waals surface area (Å²) in [6.45, 7) is 3.44. The highest BCUT2D eigenvalue weighted by Crippen LogP contribution is 2.33. The van der Waals surface area contributed by atoms with Crippen LogP contribution in [0.2, 0.25) is 0 Å². The van der Waals surface area contributed by atoms with Gasteiger partial charge in [-0.1, -0.05) is 0 Å². The van der Waals surface area contributed by atoms with Gasteiger partial charge in [0.05, 0.1) is 11.9 Å². The van der Waals surface area contributed by atoms with E-state index in [0.29, 0.717) is 18.2 Å². The average molecular weight is 334 g/mol. The summed E-state index contributed by atoms with van der Waals surface area (Å²) in [6.07, 6.45) is 9.78. The van der Waals surface area contributed by atoms with Gasteiger partial charge in [-0.05, 0) is 48.1 Å². The predicted molar refractivity (Wildman–Crippen MR) is 95.1 cm³/mol. The van der Waals surface area contributed by atoms with Gasteiger partial charge in [0, 0.05) is 56.6 Å². The third kappa shape index (κ3) is 2.58. The maximum Gasteiger partial charge on any atom is 0.223 e. The lowest BCUT2D eigenvalue weighted by Crippen LogP contribution is -2.48. The topological polar surface area (TPSA) is 49.3 Å².